The fourth-order valence-corrected chi connectivity index (χ4v) is 1.77. The largest absolute Gasteiger partial charge is 0.494 e. The van der Waals surface area contributed by atoms with Crippen LogP contribution in [-0.4, -0.2) is 24.0 Å². The first kappa shape index (κ1) is 12.5. The Morgan fingerprint density at radius 1 is 1.38 bits per heavy atom. The van der Waals surface area contributed by atoms with E-state index in [-0.39, 0.29) is 16.3 Å². The van der Waals surface area contributed by atoms with Gasteiger partial charge >= 0.3 is 5.97 Å². The van der Waals surface area contributed by atoms with E-state index in [0.717, 1.165) is 5.56 Å². The quantitative estimate of drug-likeness (QED) is 0.652. The molecule has 0 amide bonds. The molecule has 0 aromatic heterocycles. The maximum atomic E-state index is 11.5. The number of halogens is 1. The minimum Gasteiger partial charge on any atom is -0.494 e. The number of hydrogen-bond acceptors (Lipinski definition) is 3. The number of Topliss-reactive ketones (excluding diaryl/α,β-unsaturated/α-hetero) is 1. The molecule has 1 aromatic carbocycles. The van der Waals surface area contributed by atoms with E-state index in [9.17, 15) is 9.59 Å². The van der Waals surface area contributed by atoms with Gasteiger partial charge in [0.15, 0.2) is 0 Å². The van der Waals surface area contributed by atoms with Gasteiger partial charge in [-0.25, -0.2) is 4.79 Å². The lowest BCUT2D eigenvalue weighted by molar-refractivity contribution is -0.131. The molecule has 0 bridgehead atoms. The second kappa shape index (κ2) is 4.53. The lowest BCUT2D eigenvalue weighted by atomic mass is 9.99. The lowest BCUT2D eigenvalue weighted by Crippen LogP contribution is -2.16. The van der Waals surface area contributed by atoms with Gasteiger partial charge in [-0.1, -0.05) is 11.6 Å². The zero-order valence-electron chi connectivity index (χ0n) is 9.13. The summed E-state index contributed by atoms with van der Waals surface area (Å²) in [7, 11) is 1.34. The van der Waals surface area contributed by atoms with Crippen LogP contribution in [0, 0.1) is 13.8 Å². The van der Waals surface area contributed by atoms with Crippen LogP contribution in [0.4, 0.5) is 0 Å². The number of rotatable bonds is 3. The standard InChI is InChI=1S/C11H11ClO4/c1-5-4-7(12)10(16-3)8(6(5)2)9(13)11(14)15/h4H,1-3H3,(H,14,15). The Balaban J connectivity index is 3.57. The van der Waals surface area contributed by atoms with Gasteiger partial charge < -0.3 is 9.84 Å². The minimum atomic E-state index is -1.52. The predicted octanol–water partition coefficient (Wildman–Crippen LogP) is 2.23. The van der Waals surface area contributed by atoms with Crippen LogP contribution in [0.5, 0.6) is 5.75 Å². The van der Waals surface area contributed by atoms with Gasteiger partial charge in [-0.05, 0) is 31.0 Å². The van der Waals surface area contributed by atoms with E-state index in [1.807, 2.05) is 0 Å². The lowest BCUT2D eigenvalue weighted by Gasteiger charge is -2.13. The normalized spacial score (nSPS) is 10.0. The molecule has 0 fully saturated rings. The molecule has 0 radical (unpaired) electrons. The van der Waals surface area contributed by atoms with Gasteiger partial charge in [0.2, 0.25) is 0 Å². The van der Waals surface area contributed by atoms with Crippen molar-refractivity contribution in [2.45, 2.75) is 13.8 Å². The highest BCUT2D eigenvalue weighted by Gasteiger charge is 2.24. The summed E-state index contributed by atoms with van der Waals surface area (Å²) in [5.74, 6) is -2.43. The number of aliphatic carboxylic acids is 1. The average molecular weight is 243 g/mol. The van der Waals surface area contributed by atoms with Crippen LogP contribution >= 0.6 is 11.6 Å². The number of aryl methyl sites for hydroxylation is 1. The van der Waals surface area contributed by atoms with Crippen LogP contribution in [0.1, 0.15) is 21.5 Å². The molecule has 0 atom stereocenters. The van der Waals surface area contributed by atoms with E-state index in [4.69, 9.17) is 21.4 Å². The Bertz CT molecular complexity index is 466. The van der Waals surface area contributed by atoms with Crippen LogP contribution in [0.2, 0.25) is 5.02 Å². The van der Waals surface area contributed by atoms with E-state index in [1.165, 1.54) is 7.11 Å². The van der Waals surface area contributed by atoms with Gasteiger partial charge in [0.05, 0.1) is 17.7 Å². The molecule has 1 aromatic rings. The summed E-state index contributed by atoms with van der Waals surface area (Å²) in [6, 6.07) is 1.63. The Morgan fingerprint density at radius 3 is 2.38 bits per heavy atom. The van der Waals surface area contributed by atoms with Gasteiger partial charge in [-0.15, -0.1) is 0 Å². The molecule has 16 heavy (non-hydrogen) atoms. The molecule has 5 heteroatoms. The van der Waals surface area contributed by atoms with Crippen molar-refractivity contribution in [3.63, 3.8) is 0 Å². The van der Waals surface area contributed by atoms with Gasteiger partial charge in [0.25, 0.3) is 5.78 Å². The van der Waals surface area contributed by atoms with Crippen molar-refractivity contribution in [1.82, 2.24) is 0 Å². The zero-order chi connectivity index (χ0) is 12.5. The zero-order valence-corrected chi connectivity index (χ0v) is 9.88. The molecule has 4 nitrogen and oxygen atoms in total. The first-order valence-corrected chi connectivity index (χ1v) is 4.89. The molecular formula is C11H11ClO4. The number of carbonyl (C=O) groups excluding carboxylic acids is 1. The van der Waals surface area contributed by atoms with Gasteiger partial charge in [0, 0.05) is 0 Å². The molecule has 1 N–H and O–H groups in total. The minimum absolute atomic E-state index is 0.0139. The summed E-state index contributed by atoms with van der Waals surface area (Å²) in [5.41, 5.74) is 1.32. The van der Waals surface area contributed by atoms with E-state index >= 15 is 0 Å². The summed E-state index contributed by atoms with van der Waals surface area (Å²) in [4.78, 5) is 22.2. The van der Waals surface area contributed by atoms with Crippen molar-refractivity contribution in [3.8, 4) is 5.75 Å². The van der Waals surface area contributed by atoms with Crippen LogP contribution < -0.4 is 4.74 Å². The summed E-state index contributed by atoms with van der Waals surface area (Å²) in [6.45, 7) is 3.41. The third-order valence-corrected chi connectivity index (χ3v) is 2.66. The number of carboxylic acids is 1. The predicted molar refractivity (Wildman–Crippen MR) is 59.4 cm³/mol. The molecule has 0 aliphatic rings. The van der Waals surface area contributed by atoms with E-state index < -0.39 is 11.8 Å². The third kappa shape index (κ3) is 2.02. The molecule has 0 aliphatic heterocycles. The third-order valence-electron chi connectivity index (χ3n) is 2.38. The smallest absolute Gasteiger partial charge is 0.377 e. The van der Waals surface area contributed by atoms with Gasteiger partial charge in [0.1, 0.15) is 5.75 Å². The molecule has 0 saturated carbocycles. The Hall–Kier alpha value is -1.55. The highest BCUT2D eigenvalue weighted by atomic mass is 35.5. The number of ether oxygens (including phenoxy) is 1. The Kier molecular flexibility index (Phi) is 3.55. The molecule has 0 unspecified atom stereocenters. The first-order valence-electron chi connectivity index (χ1n) is 4.51. The van der Waals surface area contributed by atoms with Gasteiger partial charge in [-0.2, -0.15) is 0 Å². The van der Waals surface area contributed by atoms with Crippen molar-refractivity contribution in [3.05, 3.63) is 27.8 Å². The van der Waals surface area contributed by atoms with Crippen molar-refractivity contribution < 1.29 is 19.4 Å². The maximum Gasteiger partial charge on any atom is 0.377 e. The molecule has 0 aliphatic carbocycles. The van der Waals surface area contributed by atoms with Crippen LogP contribution in [-0.2, 0) is 4.79 Å². The fourth-order valence-electron chi connectivity index (χ4n) is 1.43. The average Bonchev–Trinajstić information content (AvgIpc) is 2.21. The van der Waals surface area contributed by atoms with E-state index in [2.05, 4.69) is 0 Å². The molecular weight excluding hydrogens is 232 g/mol. The highest BCUT2D eigenvalue weighted by molar-refractivity contribution is 6.42. The molecule has 0 spiro atoms. The number of carboxylic acid groups (broad SMARTS) is 1. The summed E-state index contributed by atoms with van der Waals surface area (Å²) < 4.78 is 4.97. The summed E-state index contributed by atoms with van der Waals surface area (Å²) >= 11 is 5.89. The topological polar surface area (TPSA) is 63.6 Å². The number of carbonyl (C=O) groups is 2. The number of benzene rings is 1. The van der Waals surface area contributed by atoms with Gasteiger partial charge in [-0.3, -0.25) is 4.79 Å². The number of ketones is 1. The first-order chi connectivity index (χ1) is 7.40. The van der Waals surface area contributed by atoms with Crippen molar-refractivity contribution in [2.24, 2.45) is 0 Å². The van der Waals surface area contributed by atoms with Crippen LogP contribution in [0.15, 0.2) is 6.07 Å². The van der Waals surface area contributed by atoms with Crippen LogP contribution in [0.3, 0.4) is 0 Å². The fraction of sp³-hybridized carbons (Fsp3) is 0.273. The summed E-state index contributed by atoms with van der Waals surface area (Å²) in [5, 5.41) is 8.95. The number of hydrogen-bond donors (Lipinski definition) is 1. The van der Waals surface area contributed by atoms with Crippen molar-refractivity contribution >= 4 is 23.4 Å². The second-order valence-corrected chi connectivity index (χ2v) is 3.75. The molecule has 86 valence electrons. The Morgan fingerprint density at radius 2 is 1.94 bits per heavy atom. The monoisotopic (exact) mass is 242 g/mol. The maximum absolute atomic E-state index is 11.5. The van der Waals surface area contributed by atoms with E-state index in [1.54, 1.807) is 19.9 Å². The van der Waals surface area contributed by atoms with Crippen molar-refractivity contribution in [1.29, 1.82) is 0 Å². The van der Waals surface area contributed by atoms with Crippen LogP contribution in [0.25, 0.3) is 0 Å². The summed E-state index contributed by atoms with van der Waals surface area (Å²) in [6.07, 6.45) is 0. The van der Waals surface area contributed by atoms with E-state index in [0.29, 0.717) is 5.56 Å². The van der Waals surface area contributed by atoms with Crippen molar-refractivity contribution in [2.75, 3.05) is 7.11 Å². The number of methoxy groups -OCH3 is 1. The molecule has 0 heterocycles. The second-order valence-electron chi connectivity index (χ2n) is 3.34. The Labute approximate surface area is 97.8 Å². The SMILES string of the molecule is COc1c(Cl)cc(C)c(C)c1C(=O)C(=O)O. The molecule has 1 rings (SSSR count). The molecule has 0 saturated heterocycles. The highest BCUT2D eigenvalue weighted by Crippen LogP contribution is 2.33.